The van der Waals surface area contributed by atoms with Crippen molar-refractivity contribution >= 4 is 11.8 Å². The van der Waals surface area contributed by atoms with Crippen LogP contribution >= 0.6 is 0 Å². The van der Waals surface area contributed by atoms with Gasteiger partial charge in [0.05, 0.1) is 11.9 Å². The van der Waals surface area contributed by atoms with Crippen molar-refractivity contribution in [3.8, 4) is 0 Å². The van der Waals surface area contributed by atoms with Gasteiger partial charge in [-0.05, 0) is 26.2 Å². The lowest BCUT2D eigenvalue weighted by Gasteiger charge is -2.15. The van der Waals surface area contributed by atoms with E-state index >= 15 is 0 Å². The summed E-state index contributed by atoms with van der Waals surface area (Å²) in [5.74, 6) is 0.216. The Morgan fingerprint density at radius 3 is 2.78 bits per heavy atom. The minimum absolute atomic E-state index is 0.0789. The predicted molar refractivity (Wildman–Crippen MR) is 74.4 cm³/mol. The van der Waals surface area contributed by atoms with E-state index in [4.69, 9.17) is 16.2 Å². The number of nitrogens with zero attached hydrogens (tertiary/aromatic N) is 1. The first-order valence-corrected chi connectivity index (χ1v) is 6.37. The van der Waals surface area contributed by atoms with Gasteiger partial charge in [0.2, 0.25) is 0 Å². The molecule has 0 spiro atoms. The first kappa shape index (κ1) is 16.6. The molecule has 5 heteroatoms. The summed E-state index contributed by atoms with van der Waals surface area (Å²) >= 11 is 0. The van der Waals surface area contributed by atoms with Crippen LogP contribution in [0, 0.1) is 0 Å². The number of carbonyl (C=O) groups is 1. The van der Waals surface area contributed by atoms with Gasteiger partial charge in [-0.15, -0.1) is 6.58 Å². The van der Waals surface area contributed by atoms with Crippen LogP contribution < -0.4 is 11.5 Å². The van der Waals surface area contributed by atoms with Crippen LogP contribution in [-0.2, 0) is 9.53 Å². The standard InChI is InChI=1S/C13H25N3O2/c1-4-7-12(15)16-9-6-8-11(14)13(17)18-10(3)5-2/h4,10-11H,1,5-9,14H2,2-3H3,(H2,15,16)/t10?,11-/m0/s1. The van der Waals surface area contributed by atoms with E-state index in [1.54, 1.807) is 6.08 Å². The summed E-state index contributed by atoms with van der Waals surface area (Å²) in [6.45, 7) is 7.96. The molecule has 0 heterocycles. The number of hydrogen-bond acceptors (Lipinski definition) is 4. The van der Waals surface area contributed by atoms with Gasteiger partial charge in [0.15, 0.2) is 0 Å². The second-order valence-corrected chi connectivity index (χ2v) is 4.27. The number of esters is 1. The molecule has 0 fully saturated rings. The lowest BCUT2D eigenvalue weighted by atomic mass is 10.1. The molecule has 0 saturated heterocycles. The van der Waals surface area contributed by atoms with Gasteiger partial charge in [0.1, 0.15) is 6.04 Å². The molecule has 18 heavy (non-hydrogen) atoms. The first-order valence-electron chi connectivity index (χ1n) is 6.37. The number of amidine groups is 1. The second kappa shape index (κ2) is 9.65. The third-order valence-corrected chi connectivity index (χ3v) is 2.54. The Morgan fingerprint density at radius 1 is 1.56 bits per heavy atom. The summed E-state index contributed by atoms with van der Waals surface area (Å²) in [6.07, 6.45) is 4.27. The van der Waals surface area contributed by atoms with E-state index < -0.39 is 6.04 Å². The fraction of sp³-hybridized carbons (Fsp3) is 0.692. The highest BCUT2D eigenvalue weighted by molar-refractivity contribution is 5.81. The molecule has 5 nitrogen and oxygen atoms in total. The van der Waals surface area contributed by atoms with Crippen LogP contribution in [0.3, 0.4) is 0 Å². The average Bonchev–Trinajstić information content (AvgIpc) is 2.34. The molecule has 4 N–H and O–H groups in total. The number of hydrogen-bond donors (Lipinski definition) is 2. The molecule has 0 aromatic heterocycles. The maximum atomic E-state index is 11.5. The monoisotopic (exact) mass is 255 g/mol. The maximum absolute atomic E-state index is 11.5. The summed E-state index contributed by atoms with van der Waals surface area (Å²) in [4.78, 5) is 15.7. The molecule has 0 aromatic carbocycles. The van der Waals surface area contributed by atoms with Crippen molar-refractivity contribution in [2.75, 3.05) is 6.54 Å². The molecule has 0 saturated carbocycles. The third kappa shape index (κ3) is 7.84. The van der Waals surface area contributed by atoms with Gasteiger partial charge in [0.25, 0.3) is 0 Å². The van der Waals surface area contributed by atoms with Crippen LogP contribution in [0.5, 0.6) is 0 Å². The summed E-state index contributed by atoms with van der Waals surface area (Å²) in [7, 11) is 0. The lowest BCUT2D eigenvalue weighted by Crippen LogP contribution is -2.34. The summed E-state index contributed by atoms with van der Waals surface area (Å²) in [5.41, 5.74) is 11.3. The summed E-state index contributed by atoms with van der Waals surface area (Å²) in [6, 6.07) is -0.574. The number of ether oxygens (including phenoxy) is 1. The number of rotatable bonds is 9. The van der Waals surface area contributed by atoms with Gasteiger partial charge in [-0.3, -0.25) is 9.79 Å². The van der Waals surface area contributed by atoms with E-state index in [1.807, 2.05) is 13.8 Å². The quantitative estimate of drug-likeness (QED) is 0.214. The van der Waals surface area contributed by atoms with Crippen LogP contribution in [0.15, 0.2) is 17.6 Å². The van der Waals surface area contributed by atoms with Gasteiger partial charge >= 0.3 is 5.97 Å². The van der Waals surface area contributed by atoms with Crippen LogP contribution in [-0.4, -0.2) is 30.5 Å². The smallest absolute Gasteiger partial charge is 0.323 e. The molecular formula is C13H25N3O2. The Hall–Kier alpha value is -1.36. The summed E-state index contributed by atoms with van der Waals surface area (Å²) < 4.78 is 5.14. The van der Waals surface area contributed by atoms with Gasteiger partial charge in [-0.25, -0.2) is 0 Å². The molecule has 0 aliphatic carbocycles. The zero-order valence-corrected chi connectivity index (χ0v) is 11.4. The zero-order chi connectivity index (χ0) is 14.0. The summed E-state index contributed by atoms with van der Waals surface area (Å²) in [5, 5.41) is 0. The zero-order valence-electron chi connectivity index (χ0n) is 11.4. The minimum Gasteiger partial charge on any atom is -0.462 e. The number of carbonyl (C=O) groups excluding carboxylic acids is 1. The molecule has 0 rings (SSSR count). The highest BCUT2D eigenvalue weighted by Gasteiger charge is 2.16. The highest BCUT2D eigenvalue weighted by atomic mass is 16.5. The van der Waals surface area contributed by atoms with Crippen molar-refractivity contribution in [1.29, 1.82) is 0 Å². The fourth-order valence-electron chi connectivity index (χ4n) is 1.23. The van der Waals surface area contributed by atoms with Crippen molar-refractivity contribution in [2.24, 2.45) is 16.5 Å². The number of aliphatic imine (C=N–C) groups is 1. The molecule has 2 atom stereocenters. The number of nitrogens with two attached hydrogens (primary N) is 2. The van der Waals surface area contributed by atoms with Crippen molar-refractivity contribution < 1.29 is 9.53 Å². The van der Waals surface area contributed by atoms with E-state index in [0.29, 0.717) is 31.6 Å². The predicted octanol–water partition coefficient (Wildman–Crippen LogP) is 1.37. The van der Waals surface area contributed by atoms with E-state index in [1.165, 1.54) is 0 Å². The van der Waals surface area contributed by atoms with Crippen molar-refractivity contribution in [1.82, 2.24) is 0 Å². The van der Waals surface area contributed by atoms with Crippen molar-refractivity contribution in [3.05, 3.63) is 12.7 Å². The Kier molecular flexibility index (Phi) is 8.92. The second-order valence-electron chi connectivity index (χ2n) is 4.27. The van der Waals surface area contributed by atoms with Crippen LogP contribution in [0.25, 0.3) is 0 Å². The Labute approximate surface area is 109 Å². The largest absolute Gasteiger partial charge is 0.462 e. The third-order valence-electron chi connectivity index (χ3n) is 2.54. The molecule has 0 aliphatic rings. The molecular weight excluding hydrogens is 230 g/mol. The lowest BCUT2D eigenvalue weighted by molar-refractivity contribution is -0.150. The van der Waals surface area contributed by atoms with E-state index in [-0.39, 0.29) is 12.1 Å². The van der Waals surface area contributed by atoms with E-state index in [2.05, 4.69) is 11.6 Å². The van der Waals surface area contributed by atoms with E-state index in [0.717, 1.165) is 6.42 Å². The maximum Gasteiger partial charge on any atom is 0.323 e. The average molecular weight is 255 g/mol. The molecule has 0 aliphatic heterocycles. The topological polar surface area (TPSA) is 90.7 Å². The molecule has 0 bridgehead atoms. The fourth-order valence-corrected chi connectivity index (χ4v) is 1.23. The van der Waals surface area contributed by atoms with Crippen LogP contribution in [0.2, 0.25) is 0 Å². The van der Waals surface area contributed by atoms with Crippen molar-refractivity contribution in [2.45, 2.75) is 51.7 Å². The van der Waals surface area contributed by atoms with Gasteiger partial charge in [-0.1, -0.05) is 13.0 Å². The molecule has 0 aromatic rings. The normalized spacial score (nSPS) is 14.9. The Balaban J connectivity index is 3.82. The molecule has 104 valence electrons. The van der Waals surface area contributed by atoms with Gasteiger partial charge in [0, 0.05) is 13.0 Å². The van der Waals surface area contributed by atoms with Gasteiger partial charge < -0.3 is 16.2 Å². The van der Waals surface area contributed by atoms with Gasteiger partial charge in [-0.2, -0.15) is 0 Å². The first-order chi connectivity index (χ1) is 8.51. The Bertz CT molecular complexity index is 290. The van der Waals surface area contributed by atoms with Crippen LogP contribution in [0.4, 0.5) is 0 Å². The molecule has 0 radical (unpaired) electrons. The SMILES string of the molecule is C=CCC(N)=NCCC[C@H](N)C(=O)OC(C)CC. The highest BCUT2D eigenvalue weighted by Crippen LogP contribution is 2.02. The van der Waals surface area contributed by atoms with Crippen molar-refractivity contribution in [3.63, 3.8) is 0 Å². The molecule has 0 amide bonds. The Morgan fingerprint density at radius 2 is 2.22 bits per heavy atom. The minimum atomic E-state index is -0.574. The van der Waals surface area contributed by atoms with Crippen LogP contribution in [0.1, 0.15) is 39.5 Å². The molecule has 1 unspecified atom stereocenters. The van der Waals surface area contributed by atoms with E-state index in [9.17, 15) is 4.79 Å².